The van der Waals surface area contributed by atoms with Crippen LogP contribution in [0.3, 0.4) is 0 Å². The van der Waals surface area contributed by atoms with Crippen LogP contribution < -0.4 is 0 Å². The topological polar surface area (TPSA) is 17.1 Å². The zero-order chi connectivity index (χ0) is 11.1. The Hall–Kier alpha value is -0.330. The monoisotopic (exact) mass is 210 g/mol. The Kier molecular flexibility index (Phi) is 5.97. The van der Waals surface area contributed by atoms with Crippen molar-refractivity contribution >= 4 is 5.78 Å². The summed E-state index contributed by atoms with van der Waals surface area (Å²) in [5, 5.41) is 0. The van der Waals surface area contributed by atoms with Gasteiger partial charge in [0.1, 0.15) is 5.78 Å². The van der Waals surface area contributed by atoms with Gasteiger partial charge in [-0.3, -0.25) is 4.79 Å². The first-order valence-corrected chi connectivity index (χ1v) is 6.79. The molecule has 0 spiro atoms. The molecule has 0 aromatic rings. The van der Waals surface area contributed by atoms with E-state index in [2.05, 4.69) is 6.92 Å². The summed E-state index contributed by atoms with van der Waals surface area (Å²) in [5.41, 5.74) is 0. The zero-order valence-corrected chi connectivity index (χ0v) is 10.4. The van der Waals surface area contributed by atoms with Crippen LogP contribution in [0, 0.1) is 11.8 Å². The van der Waals surface area contributed by atoms with Crippen LogP contribution >= 0.6 is 0 Å². The third kappa shape index (κ3) is 4.36. The van der Waals surface area contributed by atoms with Crippen molar-refractivity contribution in [3.63, 3.8) is 0 Å². The summed E-state index contributed by atoms with van der Waals surface area (Å²) in [6.45, 7) is 4.25. The van der Waals surface area contributed by atoms with E-state index >= 15 is 0 Å². The fraction of sp³-hybridized carbons (Fsp3) is 0.929. The summed E-state index contributed by atoms with van der Waals surface area (Å²) in [6, 6.07) is 0. The second kappa shape index (κ2) is 7.03. The van der Waals surface area contributed by atoms with Gasteiger partial charge in [0.05, 0.1) is 0 Å². The van der Waals surface area contributed by atoms with Crippen molar-refractivity contribution in [2.24, 2.45) is 11.8 Å². The van der Waals surface area contributed by atoms with E-state index < -0.39 is 0 Å². The van der Waals surface area contributed by atoms with Crippen LogP contribution in [0.5, 0.6) is 0 Å². The molecule has 0 radical (unpaired) electrons. The van der Waals surface area contributed by atoms with E-state index in [0.29, 0.717) is 5.78 Å². The molecule has 1 aliphatic rings. The molecule has 0 saturated heterocycles. The lowest BCUT2D eigenvalue weighted by molar-refractivity contribution is -0.120. The SMILES string of the molecule is CCCCC1CCCCC1CC(=O)CC. The number of Topliss-reactive ketones (excluding diaryl/α,β-unsaturated/α-hetero) is 1. The molecule has 1 heteroatoms. The maximum Gasteiger partial charge on any atom is 0.132 e. The largest absolute Gasteiger partial charge is 0.300 e. The molecular weight excluding hydrogens is 184 g/mol. The van der Waals surface area contributed by atoms with Crippen LogP contribution in [0.4, 0.5) is 0 Å². The average molecular weight is 210 g/mol. The van der Waals surface area contributed by atoms with Crippen LogP contribution in [-0.4, -0.2) is 5.78 Å². The first-order chi connectivity index (χ1) is 7.27. The molecule has 0 amide bonds. The Labute approximate surface area is 94.6 Å². The molecular formula is C14H26O. The molecule has 2 unspecified atom stereocenters. The zero-order valence-electron chi connectivity index (χ0n) is 10.4. The number of rotatable bonds is 6. The molecule has 0 aromatic carbocycles. The maximum absolute atomic E-state index is 11.5. The molecule has 0 bridgehead atoms. The Balaban J connectivity index is 2.38. The highest BCUT2D eigenvalue weighted by Gasteiger charge is 2.25. The summed E-state index contributed by atoms with van der Waals surface area (Å²) >= 11 is 0. The predicted molar refractivity (Wildman–Crippen MR) is 64.9 cm³/mol. The van der Waals surface area contributed by atoms with Gasteiger partial charge in [-0.25, -0.2) is 0 Å². The molecule has 0 aromatic heterocycles. The van der Waals surface area contributed by atoms with Crippen LogP contribution in [0.2, 0.25) is 0 Å². The van der Waals surface area contributed by atoms with Crippen molar-refractivity contribution in [2.75, 3.05) is 0 Å². The van der Waals surface area contributed by atoms with Gasteiger partial charge in [0.25, 0.3) is 0 Å². The van der Waals surface area contributed by atoms with Crippen molar-refractivity contribution in [1.29, 1.82) is 0 Å². The Morgan fingerprint density at radius 1 is 1.13 bits per heavy atom. The van der Waals surface area contributed by atoms with E-state index in [1.807, 2.05) is 6.92 Å². The third-order valence-electron chi connectivity index (χ3n) is 3.88. The molecule has 0 aliphatic heterocycles. The van der Waals surface area contributed by atoms with E-state index in [-0.39, 0.29) is 0 Å². The standard InChI is InChI=1S/C14H26O/c1-3-5-8-12-9-6-7-10-13(12)11-14(15)4-2/h12-13H,3-11H2,1-2H3. The first-order valence-electron chi connectivity index (χ1n) is 6.79. The van der Waals surface area contributed by atoms with Gasteiger partial charge in [-0.05, 0) is 18.3 Å². The number of hydrogen-bond acceptors (Lipinski definition) is 1. The lowest BCUT2D eigenvalue weighted by Crippen LogP contribution is -2.22. The van der Waals surface area contributed by atoms with Crippen molar-refractivity contribution in [3.05, 3.63) is 0 Å². The van der Waals surface area contributed by atoms with Gasteiger partial charge in [-0.15, -0.1) is 0 Å². The highest BCUT2D eigenvalue weighted by molar-refractivity contribution is 5.78. The summed E-state index contributed by atoms with van der Waals surface area (Å²) < 4.78 is 0. The minimum atomic E-state index is 0.475. The number of carbonyl (C=O) groups is 1. The maximum atomic E-state index is 11.5. The lowest BCUT2D eigenvalue weighted by atomic mass is 9.74. The van der Waals surface area contributed by atoms with Gasteiger partial charge >= 0.3 is 0 Å². The number of hydrogen-bond donors (Lipinski definition) is 0. The molecule has 1 fully saturated rings. The quantitative estimate of drug-likeness (QED) is 0.637. The van der Waals surface area contributed by atoms with Gasteiger partial charge in [0.2, 0.25) is 0 Å². The van der Waals surface area contributed by atoms with E-state index in [4.69, 9.17) is 0 Å². The second-order valence-corrected chi connectivity index (χ2v) is 5.04. The number of unbranched alkanes of at least 4 members (excludes halogenated alkanes) is 1. The predicted octanol–water partition coefficient (Wildman–Crippen LogP) is 4.35. The highest BCUT2D eigenvalue weighted by atomic mass is 16.1. The summed E-state index contributed by atoms with van der Waals surface area (Å²) in [5.74, 6) is 2.05. The minimum Gasteiger partial charge on any atom is -0.300 e. The van der Waals surface area contributed by atoms with Crippen molar-refractivity contribution in [2.45, 2.75) is 71.6 Å². The summed E-state index contributed by atoms with van der Waals surface area (Å²) in [4.78, 5) is 11.5. The fourth-order valence-electron chi connectivity index (χ4n) is 2.84. The van der Waals surface area contributed by atoms with Gasteiger partial charge < -0.3 is 0 Å². The minimum absolute atomic E-state index is 0.475. The normalized spacial score (nSPS) is 26.5. The number of carbonyl (C=O) groups excluding carboxylic acids is 1. The first kappa shape index (κ1) is 12.7. The Morgan fingerprint density at radius 3 is 2.40 bits per heavy atom. The molecule has 0 N–H and O–H groups in total. The van der Waals surface area contributed by atoms with Gasteiger partial charge in [0.15, 0.2) is 0 Å². The van der Waals surface area contributed by atoms with Crippen molar-refractivity contribution in [3.8, 4) is 0 Å². The lowest BCUT2D eigenvalue weighted by Gasteiger charge is -2.31. The van der Waals surface area contributed by atoms with Crippen LogP contribution in [0.1, 0.15) is 71.6 Å². The molecule has 88 valence electrons. The molecule has 1 saturated carbocycles. The highest BCUT2D eigenvalue weighted by Crippen LogP contribution is 2.35. The van der Waals surface area contributed by atoms with Crippen molar-refractivity contribution < 1.29 is 4.79 Å². The molecule has 2 atom stereocenters. The Bertz CT molecular complexity index is 186. The van der Waals surface area contributed by atoms with E-state index in [9.17, 15) is 4.79 Å². The van der Waals surface area contributed by atoms with Gasteiger partial charge in [0, 0.05) is 12.8 Å². The van der Waals surface area contributed by atoms with Crippen LogP contribution in [-0.2, 0) is 4.79 Å². The van der Waals surface area contributed by atoms with Crippen LogP contribution in [0.25, 0.3) is 0 Å². The second-order valence-electron chi connectivity index (χ2n) is 5.04. The fourth-order valence-corrected chi connectivity index (χ4v) is 2.84. The number of ketones is 1. The van der Waals surface area contributed by atoms with E-state index in [1.165, 1.54) is 44.9 Å². The van der Waals surface area contributed by atoms with Gasteiger partial charge in [-0.2, -0.15) is 0 Å². The van der Waals surface area contributed by atoms with E-state index in [0.717, 1.165) is 24.7 Å². The molecule has 1 nitrogen and oxygen atoms in total. The molecule has 1 aliphatic carbocycles. The third-order valence-corrected chi connectivity index (χ3v) is 3.88. The Morgan fingerprint density at radius 2 is 1.80 bits per heavy atom. The smallest absolute Gasteiger partial charge is 0.132 e. The van der Waals surface area contributed by atoms with Gasteiger partial charge in [-0.1, -0.05) is 52.4 Å². The average Bonchev–Trinajstić information content (AvgIpc) is 2.28. The molecule has 0 heterocycles. The molecule has 15 heavy (non-hydrogen) atoms. The van der Waals surface area contributed by atoms with Crippen LogP contribution in [0.15, 0.2) is 0 Å². The van der Waals surface area contributed by atoms with E-state index in [1.54, 1.807) is 0 Å². The summed E-state index contributed by atoms with van der Waals surface area (Å²) in [6.07, 6.45) is 11.0. The molecule has 1 rings (SSSR count). The van der Waals surface area contributed by atoms with Crippen molar-refractivity contribution in [1.82, 2.24) is 0 Å². The summed E-state index contributed by atoms with van der Waals surface area (Å²) in [7, 11) is 0.